The Kier molecular flexibility index (Phi) is 8.13. The van der Waals surface area contributed by atoms with Gasteiger partial charge in [0.1, 0.15) is 30.1 Å². The maximum Gasteiger partial charge on any atom is 0.130 e. The molecule has 0 aromatic heterocycles. The summed E-state index contributed by atoms with van der Waals surface area (Å²) in [6, 6.07) is 18.6. The normalized spacial score (nSPS) is 13.7. The van der Waals surface area contributed by atoms with Gasteiger partial charge in [0.05, 0.1) is 6.54 Å². The van der Waals surface area contributed by atoms with E-state index in [0.717, 1.165) is 41.6 Å². The van der Waals surface area contributed by atoms with Gasteiger partial charge < -0.3 is 9.64 Å². The molecular weight excluding hydrogens is 382 g/mol. The van der Waals surface area contributed by atoms with E-state index in [0.29, 0.717) is 6.61 Å². The summed E-state index contributed by atoms with van der Waals surface area (Å²) in [4.78, 5) is 2.27. The van der Waals surface area contributed by atoms with Crippen LogP contribution in [0.15, 0.2) is 48.0 Å². The summed E-state index contributed by atoms with van der Waals surface area (Å²) in [7, 11) is 0. The molecule has 162 valence electrons. The predicted molar refractivity (Wildman–Crippen MR) is 128 cm³/mol. The number of rotatable bonds is 8. The number of benzene rings is 2. The fourth-order valence-corrected chi connectivity index (χ4v) is 4.28. The van der Waals surface area contributed by atoms with Gasteiger partial charge in [0.15, 0.2) is 0 Å². The van der Waals surface area contributed by atoms with Gasteiger partial charge in [-0.1, -0.05) is 37.5 Å². The third kappa shape index (κ3) is 6.12. The molecule has 0 bridgehead atoms. The van der Waals surface area contributed by atoms with Gasteiger partial charge in [0.2, 0.25) is 0 Å². The van der Waals surface area contributed by atoms with Gasteiger partial charge in [-0.05, 0) is 79.6 Å². The second kappa shape index (κ2) is 11.2. The molecule has 1 fully saturated rings. The lowest BCUT2D eigenvalue weighted by atomic mass is 9.84. The summed E-state index contributed by atoms with van der Waals surface area (Å²) in [5, 5.41) is 17.9. The Hall–Kier alpha value is -3.24. The number of anilines is 1. The lowest BCUT2D eigenvalue weighted by Gasteiger charge is -2.24. The summed E-state index contributed by atoms with van der Waals surface area (Å²) in [6.45, 7) is 6.41. The molecular formula is C27H33N3O. The van der Waals surface area contributed by atoms with Crippen molar-refractivity contribution in [2.45, 2.75) is 51.9 Å². The van der Waals surface area contributed by atoms with Crippen molar-refractivity contribution in [1.29, 1.82) is 10.5 Å². The average molecular weight is 416 g/mol. The molecule has 0 amide bonds. The molecule has 0 heterocycles. The zero-order valence-electron chi connectivity index (χ0n) is 18.6. The summed E-state index contributed by atoms with van der Waals surface area (Å²) in [6.07, 6.45) is 8.34. The van der Waals surface area contributed by atoms with Gasteiger partial charge >= 0.3 is 0 Å². The highest BCUT2D eigenvalue weighted by molar-refractivity contribution is 5.66. The van der Waals surface area contributed by atoms with Crippen LogP contribution in [0.3, 0.4) is 0 Å². The van der Waals surface area contributed by atoms with Crippen molar-refractivity contribution in [1.82, 2.24) is 0 Å². The molecule has 4 heteroatoms. The highest BCUT2D eigenvalue weighted by Gasteiger charge is 2.15. The first kappa shape index (κ1) is 22.4. The number of hydrogen-bond donors (Lipinski definition) is 0. The van der Waals surface area contributed by atoms with Gasteiger partial charge in [-0.3, -0.25) is 0 Å². The Bertz CT molecular complexity index is 963. The van der Waals surface area contributed by atoms with Crippen molar-refractivity contribution in [2.75, 3.05) is 24.6 Å². The molecule has 1 aliphatic rings. The largest absolute Gasteiger partial charge is 0.492 e. The fraction of sp³-hybridized carbons (Fsp3) is 0.407. The van der Waals surface area contributed by atoms with E-state index in [9.17, 15) is 0 Å². The van der Waals surface area contributed by atoms with Crippen LogP contribution in [-0.4, -0.2) is 19.7 Å². The third-order valence-corrected chi connectivity index (χ3v) is 6.13. The molecule has 2 aromatic carbocycles. The predicted octanol–water partition coefficient (Wildman–Crippen LogP) is 6.62. The number of ether oxygens (including phenoxy) is 1. The number of likely N-dealkylation sites (N-methyl/N-ethyl adjacent to an activating group) is 1. The minimum atomic E-state index is 0. The van der Waals surface area contributed by atoms with Gasteiger partial charge in [-0.2, -0.15) is 10.5 Å². The molecule has 0 N–H and O–H groups in total. The number of aryl methyl sites for hydroxylation is 1. The van der Waals surface area contributed by atoms with Crippen molar-refractivity contribution < 1.29 is 6.16 Å². The topological polar surface area (TPSA) is 60.0 Å². The molecule has 0 saturated heterocycles. The Morgan fingerprint density at radius 1 is 1.10 bits per heavy atom. The van der Waals surface area contributed by atoms with Crippen LogP contribution in [0.2, 0.25) is 0 Å². The first-order chi connectivity index (χ1) is 15.1. The molecule has 4 nitrogen and oxygen atoms in total. The number of nitriles is 2. The van der Waals surface area contributed by atoms with E-state index in [1.165, 1.54) is 37.7 Å². The molecule has 1 saturated carbocycles. The lowest BCUT2D eigenvalue weighted by molar-refractivity contribution is 0.324. The number of nitrogens with zero attached hydrogens (tertiary/aromatic N) is 3. The molecule has 0 spiro atoms. The first-order valence-electron chi connectivity index (χ1n) is 11.2. The van der Waals surface area contributed by atoms with E-state index in [1.807, 2.05) is 31.2 Å². The maximum atomic E-state index is 8.97. The van der Waals surface area contributed by atoms with E-state index >= 15 is 0 Å². The Morgan fingerprint density at radius 2 is 1.81 bits per heavy atom. The zero-order valence-corrected chi connectivity index (χ0v) is 18.6. The van der Waals surface area contributed by atoms with Gasteiger partial charge in [0, 0.05) is 13.7 Å². The molecule has 0 radical (unpaired) electrons. The molecule has 31 heavy (non-hydrogen) atoms. The third-order valence-electron chi connectivity index (χ3n) is 6.13. The SMILES string of the molecule is CCN(CCOc1ccc(C2CCCCC2)cc1)c1ccc(C=C(C#N)C#N)c(C)c1.[HH]. The monoisotopic (exact) mass is 415 g/mol. The second-order valence-corrected chi connectivity index (χ2v) is 8.15. The smallest absolute Gasteiger partial charge is 0.130 e. The minimum Gasteiger partial charge on any atom is -0.492 e. The maximum absolute atomic E-state index is 8.97. The zero-order chi connectivity index (χ0) is 22.1. The second-order valence-electron chi connectivity index (χ2n) is 8.15. The number of allylic oxidation sites excluding steroid dienone is 1. The first-order valence-corrected chi connectivity index (χ1v) is 11.2. The van der Waals surface area contributed by atoms with E-state index in [2.05, 4.69) is 42.2 Å². The van der Waals surface area contributed by atoms with Gasteiger partial charge in [0.25, 0.3) is 0 Å². The molecule has 1 aliphatic carbocycles. The molecule has 0 atom stereocenters. The summed E-state index contributed by atoms with van der Waals surface area (Å²) >= 11 is 0. The van der Waals surface area contributed by atoms with E-state index in [1.54, 1.807) is 6.08 Å². The average Bonchev–Trinajstić information content (AvgIpc) is 2.82. The molecule has 3 rings (SSSR count). The van der Waals surface area contributed by atoms with E-state index in [-0.39, 0.29) is 7.00 Å². The fourth-order valence-electron chi connectivity index (χ4n) is 4.28. The van der Waals surface area contributed by atoms with Crippen LogP contribution in [-0.2, 0) is 0 Å². The van der Waals surface area contributed by atoms with Crippen molar-refractivity contribution in [3.05, 3.63) is 64.7 Å². The van der Waals surface area contributed by atoms with Crippen LogP contribution in [0.4, 0.5) is 5.69 Å². The van der Waals surface area contributed by atoms with Gasteiger partial charge in [-0.15, -0.1) is 0 Å². The van der Waals surface area contributed by atoms with E-state index in [4.69, 9.17) is 15.3 Å². The van der Waals surface area contributed by atoms with Crippen molar-refractivity contribution in [3.63, 3.8) is 0 Å². The number of hydrogen-bond acceptors (Lipinski definition) is 4. The van der Waals surface area contributed by atoms with Crippen LogP contribution in [0.1, 0.15) is 63.1 Å². The Labute approximate surface area is 187 Å². The van der Waals surface area contributed by atoms with Gasteiger partial charge in [-0.25, -0.2) is 0 Å². The standard InChI is InChI=1S/C27H31N3O.H2/c1-3-30(26-12-9-25(21(2)17-26)18-22(19-28)20-29)15-16-31-27-13-10-24(11-14-27)23-7-5-4-6-8-23;/h9-14,17-18,23H,3-8,15-16H2,1-2H3;1H. The molecule has 2 aromatic rings. The van der Waals surface area contributed by atoms with Crippen LogP contribution in [0, 0.1) is 29.6 Å². The van der Waals surface area contributed by atoms with Crippen molar-refractivity contribution >= 4 is 11.8 Å². The summed E-state index contributed by atoms with van der Waals surface area (Å²) in [5.74, 6) is 1.64. The molecule has 0 unspecified atom stereocenters. The van der Waals surface area contributed by atoms with Crippen LogP contribution < -0.4 is 9.64 Å². The summed E-state index contributed by atoms with van der Waals surface area (Å²) < 4.78 is 6.01. The van der Waals surface area contributed by atoms with Crippen LogP contribution >= 0.6 is 0 Å². The highest BCUT2D eigenvalue weighted by atomic mass is 16.5. The molecule has 0 aliphatic heterocycles. The van der Waals surface area contributed by atoms with Crippen molar-refractivity contribution in [2.24, 2.45) is 0 Å². The Morgan fingerprint density at radius 3 is 2.42 bits per heavy atom. The highest BCUT2D eigenvalue weighted by Crippen LogP contribution is 2.33. The lowest BCUT2D eigenvalue weighted by Crippen LogP contribution is -2.28. The Balaban J connectivity index is 0.00000363. The summed E-state index contributed by atoms with van der Waals surface area (Å²) in [5.41, 5.74) is 4.61. The van der Waals surface area contributed by atoms with E-state index < -0.39 is 0 Å². The quantitative estimate of drug-likeness (QED) is 0.454. The minimum absolute atomic E-state index is 0. The van der Waals surface area contributed by atoms with Crippen LogP contribution in [0.25, 0.3) is 6.08 Å². The van der Waals surface area contributed by atoms with Crippen molar-refractivity contribution in [3.8, 4) is 17.9 Å². The van der Waals surface area contributed by atoms with Crippen LogP contribution in [0.5, 0.6) is 5.75 Å².